The molecular formula is C15H21N3O4S. The van der Waals surface area contributed by atoms with E-state index in [1.165, 1.54) is 12.1 Å². The Bertz CT molecular complexity index is 698. The molecule has 23 heavy (non-hydrogen) atoms. The van der Waals surface area contributed by atoms with Crippen molar-refractivity contribution in [3.63, 3.8) is 0 Å². The van der Waals surface area contributed by atoms with Crippen LogP contribution in [-0.4, -0.2) is 57.6 Å². The first-order valence-electron chi connectivity index (χ1n) is 7.32. The van der Waals surface area contributed by atoms with Crippen LogP contribution in [0.3, 0.4) is 0 Å². The molecule has 1 fully saturated rings. The maximum Gasteiger partial charge on any atom is 0.238 e. The zero-order valence-corrected chi connectivity index (χ0v) is 14.0. The minimum Gasteiger partial charge on any atom is -0.352 e. The van der Waals surface area contributed by atoms with E-state index in [1.807, 2.05) is 0 Å². The van der Waals surface area contributed by atoms with E-state index < -0.39 is 9.84 Å². The monoisotopic (exact) mass is 339 g/mol. The van der Waals surface area contributed by atoms with E-state index in [2.05, 4.69) is 10.6 Å². The van der Waals surface area contributed by atoms with Crippen molar-refractivity contribution < 1.29 is 18.0 Å². The van der Waals surface area contributed by atoms with Crippen LogP contribution in [0.5, 0.6) is 0 Å². The van der Waals surface area contributed by atoms with E-state index in [1.54, 1.807) is 24.1 Å². The van der Waals surface area contributed by atoms with Gasteiger partial charge in [-0.2, -0.15) is 0 Å². The standard InChI is InChI=1S/C15H21N3O4S/c1-18(9-14(19)16-11-6-7-11)10-15(20)17-12-4-3-5-13(8-12)23(2,21)22/h3-5,8,11H,6-7,9-10H2,1-2H3,(H,16,19)(H,17,20). The van der Waals surface area contributed by atoms with Crippen molar-refractivity contribution in [2.24, 2.45) is 0 Å². The molecule has 1 aliphatic carbocycles. The highest BCUT2D eigenvalue weighted by atomic mass is 32.2. The second-order valence-electron chi connectivity index (χ2n) is 5.86. The van der Waals surface area contributed by atoms with Crippen molar-refractivity contribution in [2.45, 2.75) is 23.8 Å². The van der Waals surface area contributed by atoms with Crippen LogP contribution in [0.4, 0.5) is 5.69 Å². The zero-order valence-electron chi connectivity index (χ0n) is 13.2. The fourth-order valence-electron chi connectivity index (χ4n) is 2.05. The molecule has 1 aromatic rings. The van der Waals surface area contributed by atoms with E-state index >= 15 is 0 Å². The van der Waals surface area contributed by atoms with Gasteiger partial charge in [-0.3, -0.25) is 14.5 Å². The van der Waals surface area contributed by atoms with Gasteiger partial charge in [0.05, 0.1) is 18.0 Å². The second-order valence-corrected chi connectivity index (χ2v) is 7.88. The molecule has 7 nitrogen and oxygen atoms in total. The number of nitrogens with one attached hydrogen (secondary N) is 2. The highest BCUT2D eigenvalue weighted by molar-refractivity contribution is 7.90. The van der Waals surface area contributed by atoms with Gasteiger partial charge in [0.15, 0.2) is 9.84 Å². The number of carbonyl (C=O) groups excluding carboxylic acids is 2. The van der Waals surface area contributed by atoms with Gasteiger partial charge in [0.1, 0.15) is 0 Å². The molecule has 0 aromatic heterocycles. The third-order valence-corrected chi connectivity index (χ3v) is 4.43. The lowest BCUT2D eigenvalue weighted by Crippen LogP contribution is -2.39. The molecule has 8 heteroatoms. The van der Waals surface area contributed by atoms with E-state index in [0.29, 0.717) is 11.7 Å². The summed E-state index contributed by atoms with van der Waals surface area (Å²) in [6.45, 7) is 0.189. The molecule has 0 aliphatic heterocycles. The van der Waals surface area contributed by atoms with Crippen molar-refractivity contribution in [3.8, 4) is 0 Å². The van der Waals surface area contributed by atoms with Crippen LogP contribution < -0.4 is 10.6 Å². The second kappa shape index (κ2) is 7.10. The first-order valence-corrected chi connectivity index (χ1v) is 9.21. The third-order valence-electron chi connectivity index (χ3n) is 3.32. The molecule has 2 N–H and O–H groups in total. The van der Waals surface area contributed by atoms with Gasteiger partial charge in [-0.25, -0.2) is 8.42 Å². The molecule has 0 saturated heterocycles. The molecule has 0 spiro atoms. The smallest absolute Gasteiger partial charge is 0.238 e. The number of benzene rings is 1. The molecule has 126 valence electrons. The predicted octanol–water partition coefficient (Wildman–Crippen LogP) is 0.239. The number of hydrogen-bond donors (Lipinski definition) is 2. The molecule has 0 unspecified atom stereocenters. The Morgan fingerprint density at radius 2 is 1.87 bits per heavy atom. The average Bonchev–Trinajstić information content (AvgIpc) is 3.21. The van der Waals surface area contributed by atoms with Crippen molar-refractivity contribution in [1.82, 2.24) is 10.2 Å². The Balaban J connectivity index is 1.85. The Kier molecular flexibility index (Phi) is 5.38. The van der Waals surface area contributed by atoms with Crippen LogP contribution in [0.1, 0.15) is 12.8 Å². The lowest BCUT2D eigenvalue weighted by atomic mass is 10.3. The normalized spacial score (nSPS) is 14.6. The van der Waals surface area contributed by atoms with Gasteiger partial charge in [0.2, 0.25) is 11.8 Å². The largest absolute Gasteiger partial charge is 0.352 e. The summed E-state index contributed by atoms with van der Waals surface area (Å²) < 4.78 is 23.0. The fourth-order valence-corrected chi connectivity index (χ4v) is 2.72. The van der Waals surface area contributed by atoms with E-state index in [4.69, 9.17) is 0 Å². The third kappa shape index (κ3) is 5.99. The lowest BCUT2D eigenvalue weighted by molar-refractivity contribution is -0.123. The van der Waals surface area contributed by atoms with Crippen LogP contribution in [0, 0.1) is 0 Å². The number of nitrogens with zero attached hydrogens (tertiary/aromatic N) is 1. The molecule has 2 amide bonds. The van der Waals surface area contributed by atoms with Gasteiger partial charge in [-0.15, -0.1) is 0 Å². The summed E-state index contributed by atoms with van der Waals surface area (Å²) in [4.78, 5) is 25.4. The minimum atomic E-state index is -3.32. The number of hydrogen-bond acceptors (Lipinski definition) is 5. The van der Waals surface area contributed by atoms with Gasteiger partial charge in [-0.1, -0.05) is 6.07 Å². The van der Waals surface area contributed by atoms with Gasteiger partial charge >= 0.3 is 0 Å². The first-order chi connectivity index (χ1) is 10.7. The fraction of sp³-hybridized carbons (Fsp3) is 0.467. The van der Waals surface area contributed by atoms with Crippen LogP contribution in [0.25, 0.3) is 0 Å². The van der Waals surface area contributed by atoms with Gasteiger partial charge in [0.25, 0.3) is 0 Å². The van der Waals surface area contributed by atoms with Crippen LogP contribution in [-0.2, 0) is 19.4 Å². The SMILES string of the molecule is CN(CC(=O)Nc1cccc(S(C)(=O)=O)c1)CC(=O)NC1CC1. The lowest BCUT2D eigenvalue weighted by Gasteiger charge is -2.16. The van der Waals surface area contributed by atoms with E-state index in [-0.39, 0.29) is 29.8 Å². The molecule has 0 heterocycles. The molecule has 1 aliphatic rings. The molecule has 0 atom stereocenters. The number of rotatable bonds is 7. The summed E-state index contributed by atoms with van der Waals surface area (Å²) in [5.41, 5.74) is 0.411. The summed E-state index contributed by atoms with van der Waals surface area (Å²) in [6.07, 6.45) is 3.15. The Morgan fingerprint density at radius 1 is 1.22 bits per heavy atom. The number of sulfone groups is 1. The number of likely N-dealkylation sites (N-methyl/N-ethyl adjacent to an activating group) is 1. The summed E-state index contributed by atoms with van der Waals surface area (Å²) in [7, 11) is -1.64. The maximum absolute atomic E-state index is 12.0. The molecule has 2 rings (SSSR count). The van der Waals surface area contributed by atoms with Crippen molar-refractivity contribution in [3.05, 3.63) is 24.3 Å². The Labute approximate surface area is 136 Å². The average molecular weight is 339 g/mol. The van der Waals surface area contributed by atoms with Crippen molar-refractivity contribution >= 4 is 27.3 Å². The summed E-state index contributed by atoms with van der Waals surface area (Å²) in [5, 5.41) is 5.49. The van der Waals surface area contributed by atoms with E-state index in [9.17, 15) is 18.0 Å². The summed E-state index contributed by atoms with van der Waals surface area (Å²) >= 11 is 0. The topological polar surface area (TPSA) is 95.6 Å². The Hall–Kier alpha value is -1.93. The highest BCUT2D eigenvalue weighted by Crippen LogP contribution is 2.18. The minimum absolute atomic E-state index is 0.0428. The van der Waals surface area contributed by atoms with Gasteiger partial charge in [-0.05, 0) is 38.1 Å². The number of amides is 2. The molecule has 0 radical (unpaired) electrons. The Morgan fingerprint density at radius 3 is 2.48 bits per heavy atom. The molecule has 1 aromatic carbocycles. The molecule has 0 bridgehead atoms. The van der Waals surface area contributed by atoms with Crippen LogP contribution >= 0.6 is 0 Å². The van der Waals surface area contributed by atoms with Gasteiger partial charge < -0.3 is 10.6 Å². The van der Waals surface area contributed by atoms with Crippen molar-refractivity contribution in [1.29, 1.82) is 0 Å². The highest BCUT2D eigenvalue weighted by Gasteiger charge is 2.23. The predicted molar refractivity (Wildman–Crippen MR) is 86.8 cm³/mol. The molecular weight excluding hydrogens is 318 g/mol. The first kappa shape index (κ1) is 17.4. The zero-order chi connectivity index (χ0) is 17.0. The van der Waals surface area contributed by atoms with E-state index in [0.717, 1.165) is 19.1 Å². The van der Waals surface area contributed by atoms with Gasteiger partial charge in [0, 0.05) is 18.0 Å². The number of carbonyl (C=O) groups is 2. The quantitative estimate of drug-likeness (QED) is 0.742. The van der Waals surface area contributed by atoms with Crippen LogP contribution in [0.15, 0.2) is 29.2 Å². The maximum atomic E-state index is 12.0. The van der Waals surface area contributed by atoms with Crippen molar-refractivity contribution in [2.75, 3.05) is 31.7 Å². The summed E-state index contributed by atoms with van der Waals surface area (Å²) in [5.74, 6) is -0.403. The number of anilines is 1. The van der Waals surface area contributed by atoms with Crippen LogP contribution in [0.2, 0.25) is 0 Å². The molecule has 1 saturated carbocycles. The summed E-state index contributed by atoms with van der Waals surface area (Å²) in [6, 6.07) is 6.36.